The Morgan fingerprint density at radius 1 is 1.78 bits per heavy atom. The summed E-state index contributed by atoms with van der Waals surface area (Å²) in [5.41, 5.74) is 0. The van der Waals surface area contributed by atoms with E-state index in [-0.39, 0.29) is 12.6 Å². The topological polar surface area (TPSA) is 49.3 Å². The van der Waals surface area contributed by atoms with Crippen molar-refractivity contribution in [2.45, 2.75) is 19.4 Å². The van der Waals surface area contributed by atoms with Crippen LogP contribution in [0.4, 0.5) is 0 Å². The van der Waals surface area contributed by atoms with Crippen LogP contribution in [0, 0.1) is 0 Å². The van der Waals surface area contributed by atoms with Gasteiger partial charge in [0.15, 0.2) is 0 Å². The van der Waals surface area contributed by atoms with E-state index in [1.807, 2.05) is 0 Å². The zero-order valence-electron chi connectivity index (χ0n) is 5.63. The first-order valence-corrected chi connectivity index (χ1v) is 3.10. The van der Waals surface area contributed by atoms with E-state index in [4.69, 9.17) is 5.11 Å². The summed E-state index contributed by atoms with van der Waals surface area (Å²) in [6, 6.07) is -0.0865. The van der Waals surface area contributed by atoms with E-state index in [0.29, 0.717) is 13.0 Å². The summed E-state index contributed by atoms with van der Waals surface area (Å²) in [5, 5.41) is 11.2. The van der Waals surface area contributed by atoms with Crippen molar-refractivity contribution in [2.24, 2.45) is 0 Å². The third-order valence-corrected chi connectivity index (χ3v) is 1.01. The smallest absolute Gasteiger partial charge is 0.136 e. The van der Waals surface area contributed by atoms with Crippen LogP contribution in [0.25, 0.3) is 0 Å². The molecule has 0 aromatic heterocycles. The van der Waals surface area contributed by atoms with Crippen LogP contribution in [0.2, 0.25) is 0 Å². The Bertz CT molecular complexity index is 75.5. The number of carbonyl (C=O) groups excluding carboxylic acids is 1. The second-order valence-electron chi connectivity index (χ2n) is 1.96. The molecule has 1 atom stereocenters. The molecule has 54 valence electrons. The van der Waals surface area contributed by atoms with Crippen molar-refractivity contribution < 1.29 is 9.90 Å². The maximum Gasteiger partial charge on any atom is 0.136 e. The third-order valence-electron chi connectivity index (χ3n) is 1.01. The Hall–Kier alpha value is -0.410. The minimum Gasteiger partial charge on any atom is -0.396 e. The number of carbonyl (C=O) groups is 1. The molecule has 3 nitrogen and oxygen atoms in total. The van der Waals surface area contributed by atoms with E-state index in [1.54, 1.807) is 6.92 Å². The number of hydrogen-bond acceptors (Lipinski definition) is 3. The molecule has 0 bridgehead atoms. The Morgan fingerprint density at radius 3 is 2.89 bits per heavy atom. The summed E-state index contributed by atoms with van der Waals surface area (Å²) in [5.74, 6) is 0. The van der Waals surface area contributed by atoms with Crippen LogP contribution in [-0.4, -0.2) is 30.6 Å². The second kappa shape index (κ2) is 5.72. The fraction of sp³-hybridized carbons (Fsp3) is 0.833. The number of rotatable bonds is 5. The molecule has 3 heteroatoms. The van der Waals surface area contributed by atoms with Crippen LogP contribution in [0.15, 0.2) is 0 Å². The van der Waals surface area contributed by atoms with Crippen LogP contribution < -0.4 is 5.32 Å². The van der Waals surface area contributed by atoms with Gasteiger partial charge in [-0.3, -0.25) is 0 Å². The summed E-state index contributed by atoms with van der Waals surface area (Å²) in [4.78, 5) is 9.97. The zero-order chi connectivity index (χ0) is 7.11. The molecule has 0 saturated carbocycles. The molecule has 0 fully saturated rings. The number of aliphatic hydroxyl groups is 1. The van der Waals surface area contributed by atoms with Gasteiger partial charge in [0.25, 0.3) is 0 Å². The highest BCUT2D eigenvalue weighted by molar-refractivity contribution is 5.56. The summed E-state index contributed by atoms with van der Waals surface area (Å²) < 4.78 is 0. The average molecular weight is 131 g/mol. The summed E-state index contributed by atoms with van der Waals surface area (Å²) in [7, 11) is 0. The number of aldehydes is 1. The van der Waals surface area contributed by atoms with Gasteiger partial charge in [-0.2, -0.15) is 0 Å². The van der Waals surface area contributed by atoms with Gasteiger partial charge in [0.1, 0.15) is 6.29 Å². The van der Waals surface area contributed by atoms with Crippen LogP contribution in [0.3, 0.4) is 0 Å². The molecule has 0 aromatic rings. The van der Waals surface area contributed by atoms with Gasteiger partial charge in [0.2, 0.25) is 0 Å². The van der Waals surface area contributed by atoms with E-state index in [1.165, 1.54) is 0 Å². The van der Waals surface area contributed by atoms with E-state index in [0.717, 1.165) is 6.29 Å². The van der Waals surface area contributed by atoms with Gasteiger partial charge >= 0.3 is 0 Å². The number of hydrogen-bond donors (Lipinski definition) is 2. The average Bonchev–Trinajstić information content (AvgIpc) is 1.89. The molecule has 2 N–H and O–H groups in total. The summed E-state index contributed by atoms with van der Waals surface area (Å²) in [6.07, 6.45) is 1.55. The molecular weight excluding hydrogens is 118 g/mol. The number of nitrogens with one attached hydrogen (secondary N) is 1. The molecule has 0 rings (SSSR count). The van der Waals surface area contributed by atoms with Crippen LogP contribution in [0.1, 0.15) is 13.3 Å². The molecule has 0 aliphatic heterocycles. The fourth-order valence-corrected chi connectivity index (χ4v) is 0.457. The van der Waals surface area contributed by atoms with Crippen LogP contribution in [0.5, 0.6) is 0 Å². The quantitative estimate of drug-likeness (QED) is 0.392. The van der Waals surface area contributed by atoms with Gasteiger partial charge < -0.3 is 15.2 Å². The SMILES string of the molecule is CC(C=O)NCCCO. The largest absolute Gasteiger partial charge is 0.396 e. The molecule has 1 unspecified atom stereocenters. The Morgan fingerprint density at radius 2 is 2.44 bits per heavy atom. The van der Waals surface area contributed by atoms with Crippen molar-refractivity contribution >= 4 is 6.29 Å². The Labute approximate surface area is 55.1 Å². The van der Waals surface area contributed by atoms with E-state index in [9.17, 15) is 4.79 Å². The maximum atomic E-state index is 9.97. The Kier molecular flexibility index (Phi) is 5.46. The van der Waals surface area contributed by atoms with Gasteiger partial charge in [0, 0.05) is 6.61 Å². The van der Waals surface area contributed by atoms with Gasteiger partial charge in [-0.15, -0.1) is 0 Å². The first kappa shape index (κ1) is 8.59. The van der Waals surface area contributed by atoms with Crippen molar-refractivity contribution in [1.29, 1.82) is 0 Å². The second-order valence-corrected chi connectivity index (χ2v) is 1.96. The molecule has 0 spiro atoms. The van der Waals surface area contributed by atoms with Crippen molar-refractivity contribution in [2.75, 3.05) is 13.2 Å². The lowest BCUT2D eigenvalue weighted by Gasteiger charge is -2.03. The molecule has 0 aliphatic carbocycles. The zero-order valence-corrected chi connectivity index (χ0v) is 5.63. The number of aliphatic hydroxyl groups excluding tert-OH is 1. The van der Waals surface area contributed by atoms with Crippen LogP contribution in [-0.2, 0) is 4.79 Å². The highest BCUT2D eigenvalue weighted by Gasteiger charge is 1.94. The third kappa shape index (κ3) is 5.46. The van der Waals surface area contributed by atoms with Gasteiger partial charge in [-0.1, -0.05) is 0 Å². The normalized spacial score (nSPS) is 13.1. The van der Waals surface area contributed by atoms with E-state index < -0.39 is 0 Å². The fourth-order valence-electron chi connectivity index (χ4n) is 0.457. The predicted molar refractivity (Wildman–Crippen MR) is 35.2 cm³/mol. The minimum atomic E-state index is -0.0865. The van der Waals surface area contributed by atoms with Gasteiger partial charge in [0.05, 0.1) is 6.04 Å². The first-order valence-electron chi connectivity index (χ1n) is 3.10. The van der Waals surface area contributed by atoms with Gasteiger partial charge in [-0.05, 0) is 19.9 Å². The molecule has 0 aromatic carbocycles. The van der Waals surface area contributed by atoms with Gasteiger partial charge in [-0.25, -0.2) is 0 Å². The molecule has 0 heterocycles. The van der Waals surface area contributed by atoms with E-state index in [2.05, 4.69) is 5.32 Å². The highest BCUT2D eigenvalue weighted by atomic mass is 16.3. The molecule has 0 aliphatic rings. The van der Waals surface area contributed by atoms with Crippen LogP contribution >= 0.6 is 0 Å². The lowest BCUT2D eigenvalue weighted by atomic mass is 10.3. The lowest BCUT2D eigenvalue weighted by molar-refractivity contribution is -0.109. The van der Waals surface area contributed by atoms with Crippen molar-refractivity contribution in [3.8, 4) is 0 Å². The molecular formula is C6H13NO2. The lowest BCUT2D eigenvalue weighted by Crippen LogP contribution is -2.28. The molecule has 0 saturated heterocycles. The molecule has 0 radical (unpaired) electrons. The minimum absolute atomic E-state index is 0.0865. The van der Waals surface area contributed by atoms with Crippen molar-refractivity contribution in [3.05, 3.63) is 0 Å². The maximum absolute atomic E-state index is 9.97. The predicted octanol–water partition coefficient (Wildman–Crippen LogP) is -0.454. The standard InChI is InChI=1S/C6H13NO2/c1-6(5-9)7-3-2-4-8/h5-8H,2-4H2,1H3. The molecule has 0 amide bonds. The van der Waals surface area contributed by atoms with Crippen molar-refractivity contribution in [1.82, 2.24) is 5.32 Å². The first-order chi connectivity index (χ1) is 4.31. The van der Waals surface area contributed by atoms with Crippen molar-refractivity contribution in [3.63, 3.8) is 0 Å². The Balaban J connectivity index is 2.96. The summed E-state index contributed by atoms with van der Waals surface area (Å²) in [6.45, 7) is 2.67. The highest BCUT2D eigenvalue weighted by Crippen LogP contribution is 1.75. The monoisotopic (exact) mass is 131 g/mol. The summed E-state index contributed by atoms with van der Waals surface area (Å²) >= 11 is 0. The molecule has 9 heavy (non-hydrogen) atoms. The van der Waals surface area contributed by atoms with E-state index >= 15 is 0 Å².